The molecule has 1 atom stereocenters. The molecule has 2 aromatic rings. The minimum atomic E-state index is -3.88. The number of benzene rings is 2. The lowest BCUT2D eigenvalue weighted by Gasteiger charge is -2.26. The van der Waals surface area contributed by atoms with Gasteiger partial charge in [-0.25, -0.2) is 8.42 Å². The maximum absolute atomic E-state index is 13.0. The SMILES string of the molecule is CCN([C@@H](C)C(=O)Nc1ccc(C)cc1)S(=O)(=O)c1ccc(NC(C)=O)cc1. The molecule has 0 aliphatic carbocycles. The van der Waals surface area contributed by atoms with Crippen molar-refractivity contribution in [2.75, 3.05) is 17.2 Å². The van der Waals surface area contributed by atoms with E-state index in [1.165, 1.54) is 31.2 Å². The van der Waals surface area contributed by atoms with Crippen LogP contribution in [0.1, 0.15) is 26.3 Å². The molecule has 2 amide bonds. The highest BCUT2D eigenvalue weighted by atomic mass is 32.2. The summed E-state index contributed by atoms with van der Waals surface area (Å²) in [6.45, 7) is 6.68. The molecule has 2 N–H and O–H groups in total. The largest absolute Gasteiger partial charge is 0.326 e. The van der Waals surface area contributed by atoms with Crippen molar-refractivity contribution < 1.29 is 18.0 Å². The minimum absolute atomic E-state index is 0.0541. The number of carbonyl (C=O) groups excluding carboxylic acids is 2. The molecule has 7 nitrogen and oxygen atoms in total. The van der Waals surface area contributed by atoms with Gasteiger partial charge in [0.25, 0.3) is 0 Å². The van der Waals surface area contributed by atoms with Crippen molar-refractivity contribution >= 4 is 33.2 Å². The summed E-state index contributed by atoms with van der Waals surface area (Å²) in [6.07, 6.45) is 0. The number of nitrogens with zero attached hydrogens (tertiary/aromatic N) is 1. The lowest BCUT2D eigenvalue weighted by molar-refractivity contribution is -0.119. The van der Waals surface area contributed by atoms with Crippen molar-refractivity contribution in [3.63, 3.8) is 0 Å². The Morgan fingerprint density at radius 2 is 1.46 bits per heavy atom. The van der Waals surface area contributed by atoms with Gasteiger partial charge in [0, 0.05) is 24.8 Å². The Morgan fingerprint density at radius 1 is 0.964 bits per heavy atom. The fourth-order valence-corrected chi connectivity index (χ4v) is 4.32. The predicted octanol–water partition coefficient (Wildman–Crippen LogP) is 2.99. The lowest BCUT2D eigenvalue weighted by Crippen LogP contribution is -2.45. The van der Waals surface area contributed by atoms with Gasteiger partial charge in [0.2, 0.25) is 21.8 Å². The van der Waals surface area contributed by atoms with E-state index in [1.807, 2.05) is 19.1 Å². The van der Waals surface area contributed by atoms with Crippen molar-refractivity contribution in [3.8, 4) is 0 Å². The maximum Gasteiger partial charge on any atom is 0.243 e. The van der Waals surface area contributed by atoms with Gasteiger partial charge in [0.05, 0.1) is 4.90 Å². The molecule has 2 aromatic carbocycles. The molecule has 0 saturated carbocycles. The first-order valence-corrected chi connectivity index (χ1v) is 10.4. The smallest absolute Gasteiger partial charge is 0.243 e. The topological polar surface area (TPSA) is 95.6 Å². The minimum Gasteiger partial charge on any atom is -0.326 e. The molecular formula is C20H25N3O4S. The van der Waals surface area contributed by atoms with Crippen molar-refractivity contribution in [2.45, 2.75) is 38.6 Å². The number of hydrogen-bond acceptors (Lipinski definition) is 4. The van der Waals surface area contributed by atoms with Crippen LogP contribution in [0.4, 0.5) is 11.4 Å². The van der Waals surface area contributed by atoms with Gasteiger partial charge in [0.1, 0.15) is 6.04 Å². The van der Waals surface area contributed by atoms with Crippen LogP contribution in [0.5, 0.6) is 0 Å². The molecule has 0 aliphatic rings. The van der Waals surface area contributed by atoms with E-state index in [-0.39, 0.29) is 17.3 Å². The number of amides is 2. The first-order valence-electron chi connectivity index (χ1n) is 8.92. The number of carbonyl (C=O) groups is 2. The standard InChI is InChI=1S/C20H25N3O4S/c1-5-23(15(3)20(25)22-18-8-6-14(2)7-9-18)28(26,27)19-12-10-17(11-13-19)21-16(4)24/h6-13,15H,5H2,1-4H3,(H,21,24)(H,22,25)/t15-/m0/s1. The second kappa shape index (κ2) is 8.99. The van der Waals surface area contributed by atoms with Crippen molar-refractivity contribution in [1.82, 2.24) is 4.31 Å². The Kier molecular flexibility index (Phi) is 6.93. The molecular weight excluding hydrogens is 378 g/mol. The Bertz CT molecular complexity index is 938. The molecule has 0 fully saturated rings. The summed E-state index contributed by atoms with van der Waals surface area (Å²) >= 11 is 0. The normalized spacial score (nSPS) is 12.5. The van der Waals surface area contributed by atoms with Gasteiger partial charge in [-0.1, -0.05) is 24.6 Å². The highest BCUT2D eigenvalue weighted by Crippen LogP contribution is 2.21. The summed E-state index contributed by atoms with van der Waals surface area (Å²) in [6, 6.07) is 12.2. The number of anilines is 2. The van der Waals surface area contributed by atoms with Crippen LogP contribution >= 0.6 is 0 Å². The average molecular weight is 404 g/mol. The summed E-state index contributed by atoms with van der Waals surface area (Å²) in [5.41, 5.74) is 2.17. The van der Waals surface area contributed by atoms with Crippen LogP contribution in [0, 0.1) is 6.92 Å². The van der Waals surface area contributed by atoms with E-state index in [9.17, 15) is 18.0 Å². The lowest BCUT2D eigenvalue weighted by atomic mass is 10.2. The van der Waals surface area contributed by atoms with E-state index in [0.717, 1.165) is 9.87 Å². The Balaban J connectivity index is 2.20. The van der Waals surface area contributed by atoms with Gasteiger partial charge < -0.3 is 10.6 Å². The molecule has 0 aliphatic heterocycles. The van der Waals surface area contributed by atoms with E-state index in [4.69, 9.17) is 0 Å². The summed E-state index contributed by atoms with van der Waals surface area (Å²) in [5, 5.41) is 5.33. The van der Waals surface area contributed by atoms with Crippen molar-refractivity contribution in [2.24, 2.45) is 0 Å². The third-order valence-corrected chi connectivity index (χ3v) is 6.28. The number of nitrogens with one attached hydrogen (secondary N) is 2. The molecule has 0 heterocycles. The molecule has 0 aromatic heterocycles. The van der Waals surface area contributed by atoms with E-state index in [2.05, 4.69) is 10.6 Å². The third kappa shape index (κ3) is 5.17. The van der Waals surface area contributed by atoms with Crippen LogP contribution in [-0.4, -0.2) is 37.1 Å². The Hall–Kier alpha value is -2.71. The van der Waals surface area contributed by atoms with Crippen molar-refractivity contribution in [3.05, 3.63) is 54.1 Å². The van der Waals surface area contributed by atoms with Crippen LogP contribution in [0.15, 0.2) is 53.4 Å². The number of hydrogen-bond donors (Lipinski definition) is 2. The second-order valence-electron chi connectivity index (χ2n) is 6.45. The maximum atomic E-state index is 13.0. The van der Waals surface area contributed by atoms with Crippen LogP contribution in [-0.2, 0) is 19.6 Å². The summed E-state index contributed by atoms with van der Waals surface area (Å²) in [5.74, 6) is -0.656. The predicted molar refractivity (Wildman–Crippen MR) is 110 cm³/mol. The van der Waals surface area contributed by atoms with Gasteiger partial charge in [-0.2, -0.15) is 4.31 Å². The molecule has 0 unspecified atom stereocenters. The highest BCUT2D eigenvalue weighted by Gasteiger charge is 2.31. The summed E-state index contributed by atoms with van der Waals surface area (Å²) < 4.78 is 27.1. The van der Waals surface area contributed by atoms with Gasteiger partial charge in [-0.15, -0.1) is 0 Å². The Morgan fingerprint density at radius 3 is 1.96 bits per heavy atom. The van der Waals surface area contributed by atoms with E-state index in [1.54, 1.807) is 26.0 Å². The molecule has 150 valence electrons. The van der Waals surface area contributed by atoms with Gasteiger partial charge in [-0.3, -0.25) is 9.59 Å². The van der Waals surface area contributed by atoms with E-state index >= 15 is 0 Å². The first kappa shape index (κ1) is 21.6. The molecule has 0 radical (unpaired) electrons. The van der Waals surface area contributed by atoms with E-state index < -0.39 is 22.0 Å². The number of likely N-dealkylation sites (N-methyl/N-ethyl adjacent to an activating group) is 1. The molecule has 0 spiro atoms. The van der Waals surface area contributed by atoms with E-state index in [0.29, 0.717) is 11.4 Å². The highest BCUT2D eigenvalue weighted by molar-refractivity contribution is 7.89. The third-order valence-electron chi connectivity index (χ3n) is 4.22. The zero-order valence-electron chi connectivity index (χ0n) is 16.4. The zero-order valence-corrected chi connectivity index (χ0v) is 17.2. The first-order chi connectivity index (χ1) is 13.1. The number of sulfonamides is 1. The van der Waals surface area contributed by atoms with Crippen LogP contribution < -0.4 is 10.6 Å². The van der Waals surface area contributed by atoms with Gasteiger partial charge in [-0.05, 0) is 50.2 Å². The molecule has 0 bridgehead atoms. The summed E-state index contributed by atoms with van der Waals surface area (Å²) in [7, 11) is -3.88. The number of aryl methyl sites for hydroxylation is 1. The quantitative estimate of drug-likeness (QED) is 0.743. The monoisotopic (exact) mass is 403 g/mol. The van der Waals surface area contributed by atoms with Crippen LogP contribution in [0.2, 0.25) is 0 Å². The number of rotatable bonds is 7. The molecule has 2 rings (SSSR count). The van der Waals surface area contributed by atoms with Gasteiger partial charge in [0.15, 0.2) is 0 Å². The molecule has 0 saturated heterocycles. The van der Waals surface area contributed by atoms with Crippen LogP contribution in [0.25, 0.3) is 0 Å². The zero-order chi connectivity index (χ0) is 20.9. The summed E-state index contributed by atoms with van der Waals surface area (Å²) in [4.78, 5) is 23.7. The molecule has 8 heteroatoms. The fourth-order valence-electron chi connectivity index (χ4n) is 2.72. The fraction of sp³-hybridized carbons (Fsp3) is 0.300. The Labute approximate surface area is 165 Å². The van der Waals surface area contributed by atoms with Crippen molar-refractivity contribution in [1.29, 1.82) is 0 Å². The molecule has 28 heavy (non-hydrogen) atoms. The second-order valence-corrected chi connectivity index (χ2v) is 8.34. The average Bonchev–Trinajstić information content (AvgIpc) is 2.63. The van der Waals surface area contributed by atoms with Gasteiger partial charge >= 0.3 is 0 Å². The van der Waals surface area contributed by atoms with Crippen LogP contribution in [0.3, 0.4) is 0 Å².